The second-order valence-corrected chi connectivity index (χ2v) is 3.97. The first-order valence-corrected chi connectivity index (χ1v) is 5.08. The van der Waals surface area contributed by atoms with Gasteiger partial charge in [-0.3, -0.25) is 9.59 Å². The lowest BCUT2D eigenvalue weighted by atomic mass is 10.1. The van der Waals surface area contributed by atoms with E-state index in [-0.39, 0.29) is 0 Å². The SMILES string of the molecule is CS(=O)(=O)OC1=CC(=O)C=CC1=O. The van der Waals surface area contributed by atoms with Crippen molar-refractivity contribution < 1.29 is 22.2 Å². The Bertz CT molecular complexity index is 412. The van der Waals surface area contributed by atoms with Gasteiger partial charge >= 0.3 is 10.1 Å². The van der Waals surface area contributed by atoms with Crippen LogP contribution < -0.4 is 0 Å². The van der Waals surface area contributed by atoms with E-state index < -0.39 is 27.4 Å². The lowest BCUT2D eigenvalue weighted by molar-refractivity contribution is -0.116. The first kappa shape index (κ1) is 9.66. The van der Waals surface area contributed by atoms with Crippen LogP contribution in [0.5, 0.6) is 0 Å². The van der Waals surface area contributed by atoms with Gasteiger partial charge in [-0.15, -0.1) is 0 Å². The highest BCUT2D eigenvalue weighted by molar-refractivity contribution is 7.86. The van der Waals surface area contributed by atoms with Crippen molar-refractivity contribution in [2.75, 3.05) is 6.26 Å². The summed E-state index contributed by atoms with van der Waals surface area (Å²) in [4.78, 5) is 21.6. The molecule has 0 amide bonds. The minimum absolute atomic E-state index is 0.463. The quantitative estimate of drug-likeness (QED) is 0.448. The highest BCUT2D eigenvalue weighted by Gasteiger charge is 2.18. The number of rotatable bonds is 2. The number of ketones is 2. The summed E-state index contributed by atoms with van der Waals surface area (Å²) in [6, 6.07) is 0. The molecular formula is C7H6O5S. The highest BCUT2D eigenvalue weighted by Crippen LogP contribution is 2.09. The van der Waals surface area contributed by atoms with Gasteiger partial charge in [0.05, 0.1) is 6.26 Å². The van der Waals surface area contributed by atoms with E-state index in [0.29, 0.717) is 0 Å². The summed E-state index contributed by atoms with van der Waals surface area (Å²) in [5.74, 6) is -1.57. The largest absolute Gasteiger partial charge is 0.378 e. The van der Waals surface area contributed by atoms with Crippen molar-refractivity contribution in [3.63, 3.8) is 0 Å². The molecule has 0 bridgehead atoms. The molecule has 1 rings (SSSR count). The third-order valence-corrected chi connectivity index (χ3v) is 1.64. The molecule has 13 heavy (non-hydrogen) atoms. The summed E-state index contributed by atoms with van der Waals surface area (Å²) in [6.45, 7) is 0. The normalized spacial score (nSPS) is 17.2. The zero-order valence-corrected chi connectivity index (χ0v) is 7.50. The molecule has 0 aromatic heterocycles. The van der Waals surface area contributed by atoms with Gasteiger partial charge in [-0.25, -0.2) is 0 Å². The topological polar surface area (TPSA) is 77.5 Å². The minimum Gasteiger partial charge on any atom is -0.378 e. The lowest BCUT2D eigenvalue weighted by Crippen LogP contribution is -2.13. The molecular weight excluding hydrogens is 196 g/mol. The molecule has 6 heteroatoms. The Labute approximate surface area is 74.8 Å². The zero-order chi connectivity index (χ0) is 10.1. The van der Waals surface area contributed by atoms with Crippen LogP contribution in [0.3, 0.4) is 0 Å². The van der Waals surface area contributed by atoms with E-state index >= 15 is 0 Å². The van der Waals surface area contributed by atoms with Crippen LogP contribution in [0.4, 0.5) is 0 Å². The summed E-state index contributed by atoms with van der Waals surface area (Å²) >= 11 is 0. The van der Waals surface area contributed by atoms with Crippen LogP contribution in [0.2, 0.25) is 0 Å². The van der Waals surface area contributed by atoms with Crippen LogP contribution in [-0.4, -0.2) is 26.2 Å². The molecule has 70 valence electrons. The van der Waals surface area contributed by atoms with Crippen molar-refractivity contribution in [1.82, 2.24) is 0 Å². The van der Waals surface area contributed by atoms with Gasteiger partial charge in [-0.1, -0.05) is 0 Å². The molecule has 0 atom stereocenters. The molecule has 0 radical (unpaired) electrons. The predicted octanol–water partition coefficient (Wildman–Crippen LogP) is -0.446. The van der Waals surface area contributed by atoms with Crippen LogP contribution in [0.25, 0.3) is 0 Å². The third kappa shape index (κ3) is 2.83. The van der Waals surface area contributed by atoms with E-state index in [0.717, 1.165) is 24.5 Å². The van der Waals surface area contributed by atoms with Gasteiger partial charge in [-0.2, -0.15) is 8.42 Å². The monoisotopic (exact) mass is 202 g/mol. The maximum absolute atomic E-state index is 10.9. The molecule has 0 heterocycles. The van der Waals surface area contributed by atoms with Crippen molar-refractivity contribution in [3.8, 4) is 0 Å². The van der Waals surface area contributed by atoms with Crippen LogP contribution in [0.15, 0.2) is 24.0 Å². The first-order valence-electron chi connectivity index (χ1n) is 3.26. The molecule has 0 aromatic carbocycles. The van der Waals surface area contributed by atoms with E-state index in [1.54, 1.807) is 0 Å². The number of carbonyl (C=O) groups excluding carboxylic acids is 2. The van der Waals surface area contributed by atoms with Gasteiger partial charge in [0.2, 0.25) is 5.78 Å². The third-order valence-electron chi connectivity index (χ3n) is 1.16. The minimum atomic E-state index is -3.76. The Hall–Kier alpha value is -1.43. The van der Waals surface area contributed by atoms with Crippen LogP contribution in [0, 0.1) is 0 Å². The predicted molar refractivity (Wildman–Crippen MR) is 43.2 cm³/mol. The molecule has 0 unspecified atom stereocenters. The molecule has 1 aliphatic rings. The fraction of sp³-hybridized carbons (Fsp3) is 0.143. The fourth-order valence-electron chi connectivity index (χ4n) is 0.717. The highest BCUT2D eigenvalue weighted by atomic mass is 32.2. The zero-order valence-electron chi connectivity index (χ0n) is 6.68. The van der Waals surface area contributed by atoms with Crippen molar-refractivity contribution in [1.29, 1.82) is 0 Å². The van der Waals surface area contributed by atoms with Gasteiger partial charge in [-0.05, 0) is 12.2 Å². The average Bonchev–Trinajstić information content (AvgIpc) is 1.94. The number of carbonyl (C=O) groups is 2. The van der Waals surface area contributed by atoms with E-state index in [2.05, 4.69) is 4.18 Å². The number of hydrogen-bond acceptors (Lipinski definition) is 5. The Morgan fingerprint density at radius 3 is 2.38 bits per heavy atom. The second-order valence-electron chi connectivity index (χ2n) is 2.40. The van der Waals surface area contributed by atoms with Gasteiger partial charge in [0.15, 0.2) is 11.5 Å². The molecule has 0 fully saturated rings. The van der Waals surface area contributed by atoms with E-state index in [1.165, 1.54) is 0 Å². The smallest absolute Gasteiger partial charge is 0.306 e. The first-order chi connectivity index (χ1) is 5.88. The molecule has 0 N–H and O–H groups in total. The molecule has 0 saturated heterocycles. The van der Waals surface area contributed by atoms with Crippen LogP contribution in [0.1, 0.15) is 0 Å². The fourth-order valence-corrected chi connectivity index (χ4v) is 1.17. The van der Waals surface area contributed by atoms with Crippen molar-refractivity contribution >= 4 is 21.7 Å². The van der Waals surface area contributed by atoms with Crippen molar-refractivity contribution in [3.05, 3.63) is 24.0 Å². The lowest BCUT2D eigenvalue weighted by Gasteiger charge is -2.05. The molecule has 0 saturated carbocycles. The van der Waals surface area contributed by atoms with Gasteiger partial charge in [0.1, 0.15) is 0 Å². The Morgan fingerprint density at radius 1 is 1.23 bits per heavy atom. The Balaban J connectivity index is 2.93. The molecule has 0 aromatic rings. The molecule has 0 spiro atoms. The van der Waals surface area contributed by atoms with Crippen LogP contribution in [-0.2, 0) is 23.9 Å². The average molecular weight is 202 g/mol. The number of hydrogen-bond donors (Lipinski definition) is 0. The second kappa shape index (κ2) is 3.14. The van der Waals surface area contributed by atoms with E-state index in [4.69, 9.17) is 0 Å². The summed E-state index contributed by atoms with van der Waals surface area (Å²) in [7, 11) is -3.76. The summed E-state index contributed by atoms with van der Waals surface area (Å²) in [6.07, 6.45) is 3.63. The van der Waals surface area contributed by atoms with Crippen molar-refractivity contribution in [2.45, 2.75) is 0 Å². The maximum Gasteiger partial charge on any atom is 0.306 e. The Morgan fingerprint density at radius 2 is 1.85 bits per heavy atom. The molecule has 5 nitrogen and oxygen atoms in total. The number of allylic oxidation sites excluding steroid dienone is 3. The van der Waals surface area contributed by atoms with Gasteiger partial charge in [0, 0.05) is 6.08 Å². The summed E-state index contributed by atoms with van der Waals surface area (Å²) in [5, 5.41) is 0. The summed E-state index contributed by atoms with van der Waals surface area (Å²) < 4.78 is 25.5. The van der Waals surface area contributed by atoms with E-state index in [1.807, 2.05) is 0 Å². The van der Waals surface area contributed by atoms with Crippen molar-refractivity contribution in [2.24, 2.45) is 0 Å². The van der Waals surface area contributed by atoms with Gasteiger partial charge < -0.3 is 4.18 Å². The standard InChI is InChI=1S/C7H6O5S/c1-13(10,11)12-7-4-5(8)2-3-6(7)9/h2-4H,1H3. The summed E-state index contributed by atoms with van der Waals surface area (Å²) in [5.41, 5.74) is 0. The van der Waals surface area contributed by atoms with E-state index in [9.17, 15) is 18.0 Å². The molecule has 0 aliphatic heterocycles. The Kier molecular flexibility index (Phi) is 2.33. The van der Waals surface area contributed by atoms with Crippen LogP contribution >= 0.6 is 0 Å². The van der Waals surface area contributed by atoms with Gasteiger partial charge in [0.25, 0.3) is 0 Å². The molecule has 1 aliphatic carbocycles. The maximum atomic E-state index is 10.9.